The van der Waals surface area contributed by atoms with E-state index in [1.807, 2.05) is 11.4 Å². The molecule has 4 amide bonds. The van der Waals surface area contributed by atoms with Crippen molar-refractivity contribution in [1.82, 2.24) is 15.5 Å². The zero-order valence-electron chi connectivity index (χ0n) is 12.1. The molecule has 2 heterocycles. The summed E-state index contributed by atoms with van der Waals surface area (Å²) in [5, 5.41) is 7.33. The molecule has 22 heavy (non-hydrogen) atoms. The van der Waals surface area contributed by atoms with Crippen molar-refractivity contribution in [2.24, 2.45) is 0 Å². The van der Waals surface area contributed by atoms with E-state index in [1.54, 1.807) is 17.4 Å². The quantitative estimate of drug-likeness (QED) is 0.645. The summed E-state index contributed by atoms with van der Waals surface area (Å²) < 4.78 is 0. The van der Waals surface area contributed by atoms with E-state index in [0.29, 0.717) is 13.0 Å². The van der Waals surface area contributed by atoms with Gasteiger partial charge in [-0.1, -0.05) is 6.08 Å². The number of fused-ring (bicyclic) bond motifs is 2. The van der Waals surface area contributed by atoms with Gasteiger partial charge in [-0.05, 0) is 30.7 Å². The smallest absolute Gasteiger partial charge is 0.325 e. The molecule has 1 atom stereocenters. The molecule has 3 rings (SSSR count). The van der Waals surface area contributed by atoms with Gasteiger partial charge in [0.05, 0.1) is 0 Å². The van der Waals surface area contributed by atoms with E-state index in [1.165, 1.54) is 0 Å². The number of nitrogens with zero attached hydrogens (tertiary/aromatic N) is 1. The lowest BCUT2D eigenvalue weighted by atomic mass is 9.80. The molecule has 1 aliphatic carbocycles. The lowest BCUT2D eigenvalue weighted by molar-refractivity contribution is -0.135. The van der Waals surface area contributed by atoms with E-state index in [9.17, 15) is 14.4 Å². The van der Waals surface area contributed by atoms with Crippen molar-refractivity contribution in [3.05, 3.63) is 34.5 Å². The summed E-state index contributed by atoms with van der Waals surface area (Å²) in [7, 11) is 0. The highest BCUT2D eigenvalue weighted by Gasteiger charge is 2.54. The number of rotatable bonds is 4. The van der Waals surface area contributed by atoms with Crippen LogP contribution in [0.5, 0.6) is 0 Å². The number of thiophene rings is 1. The van der Waals surface area contributed by atoms with Crippen molar-refractivity contribution >= 4 is 29.2 Å². The highest BCUT2D eigenvalue weighted by Crippen LogP contribution is 2.41. The van der Waals surface area contributed by atoms with Crippen LogP contribution >= 0.6 is 11.3 Å². The van der Waals surface area contributed by atoms with E-state index in [2.05, 4.69) is 17.2 Å². The molecule has 6 nitrogen and oxygen atoms in total. The monoisotopic (exact) mass is 319 g/mol. The summed E-state index contributed by atoms with van der Waals surface area (Å²) in [6.45, 7) is 3.55. The first-order valence-electron chi connectivity index (χ1n) is 7.17. The molecule has 1 unspecified atom stereocenters. The topological polar surface area (TPSA) is 78.5 Å². The van der Waals surface area contributed by atoms with E-state index in [0.717, 1.165) is 28.2 Å². The lowest BCUT2D eigenvalue weighted by Crippen LogP contribution is -2.46. The summed E-state index contributed by atoms with van der Waals surface area (Å²) in [5.41, 5.74) is -0.0975. The van der Waals surface area contributed by atoms with Crippen molar-refractivity contribution in [1.29, 1.82) is 0 Å². The van der Waals surface area contributed by atoms with Crippen LogP contribution in [-0.2, 0) is 21.5 Å². The number of imide groups is 1. The van der Waals surface area contributed by atoms with Crippen LogP contribution < -0.4 is 10.6 Å². The van der Waals surface area contributed by atoms with Crippen LogP contribution in [0.1, 0.15) is 23.3 Å². The largest absolute Gasteiger partial charge is 0.351 e. The lowest BCUT2D eigenvalue weighted by Gasteiger charge is -2.31. The number of hydrogen-bond acceptors (Lipinski definition) is 4. The maximum atomic E-state index is 12.8. The molecule has 2 aliphatic rings. The highest BCUT2D eigenvalue weighted by molar-refractivity contribution is 7.10. The number of amides is 4. The molecular weight excluding hydrogens is 302 g/mol. The Morgan fingerprint density at radius 1 is 1.55 bits per heavy atom. The molecule has 7 heteroatoms. The van der Waals surface area contributed by atoms with Gasteiger partial charge in [0.15, 0.2) is 0 Å². The number of carbonyl (C=O) groups excluding carboxylic acids is 3. The predicted molar refractivity (Wildman–Crippen MR) is 82.4 cm³/mol. The molecule has 1 aliphatic heterocycles. The van der Waals surface area contributed by atoms with Gasteiger partial charge in [0.25, 0.3) is 5.91 Å². The summed E-state index contributed by atoms with van der Waals surface area (Å²) in [5.74, 6) is -0.701. The number of aryl methyl sites for hydroxylation is 1. The van der Waals surface area contributed by atoms with Crippen molar-refractivity contribution in [3.8, 4) is 0 Å². The summed E-state index contributed by atoms with van der Waals surface area (Å²) in [6, 6.07) is 1.40. The number of nitrogens with one attached hydrogen (secondary N) is 2. The average molecular weight is 319 g/mol. The zero-order chi connectivity index (χ0) is 15.7. The van der Waals surface area contributed by atoms with Crippen LogP contribution in [0.3, 0.4) is 0 Å². The second-order valence-electron chi connectivity index (χ2n) is 5.43. The highest BCUT2D eigenvalue weighted by atomic mass is 32.1. The Morgan fingerprint density at radius 2 is 2.36 bits per heavy atom. The summed E-state index contributed by atoms with van der Waals surface area (Å²) in [4.78, 5) is 38.9. The van der Waals surface area contributed by atoms with Crippen LogP contribution in [0.2, 0.25) is 0 Å². The predicted octanol–water partition coefficient (Wildman–Crippen LogP) is 1.13. The van der Waals surface area contributed by atoms with E-state index in [-0.39, 0.29) is 18.4 Å². The van der Waals surface area contributed by atoms with Crippen molar-refractivity contribution < 1.29 is 14.4 Å². The second kappa shape index (κ2) is 5.57. The van der Waals surface area contributed by atoms with Gasteiger partial charge < -0.3 is 10.6 Å². The molecule has 1 aromatic heterocycles. The van der Waals surface area contributed by atoms with Crippen molar-refractivity contribution in [2.75, 3.05) is 13.1 Å². The zero-order valence-corrected chi connectivity index (χ0v) is 12.9. The Bertz CT molecular complexity index is 654. The summed E-state index contributed by atoms with van der Waals surface area (Å²) >= 11 is 1.60. The first-order chi connectivity index (χ1) is 10.6. The van der Waals surface area contributed by atoms with Gasteiger partial charge >= 0.3 is 6.03 Å². The molecule has 1 fully saturated rings. The fourth-order valence-electron chi connectivity index (χ4n) is 3.07. The van der Waals surface area contributed by atoms with Crippen LogP contribution in [0.4, 0.5) is 4.79 Å². The molecule has 116 valence electrons. The van der Waals surface area contributed by atoms with Gasteiger partial charge in [-0.15, -0.1) is 17.9 Å². The Balaban J connectivity index is 1.84. The van der Waals surface area contributed by atoms with Gasteiger partial charge in [0.1, 0.15) is 12.1 Å². The van der Waals surface area contributed by atoms with Crippen LogP contribution in [0, 0.1) is 0 Å². The van der Waals surface area contributed by atoms with Gasteiger partial charge in [-0.3, -0.25) is 14.5 Å². The standard InChI is InChI=1S/C15H17N3O3S/c1-2-7-16-12(19)9-18-13(20)15(17-14(18)21)6-3-4-11-10(15)5-8-22-11/h2,5,8H,1,3-4,6-7,9H2,(H,16,19)(H,17,21). The van der Waals surface area contributed by atoms with Crippen LogP contribution in [0.15, 0.2) is 24.1 Å². The molecular formula is C15H17N3O3S. The van der Waals surface area contributed by atoms with Crippen LogP contribution in [0.25, 0.3) is 0 Å². The molecule has 0 aromatic carbocycles. The van der Waals surface area contributed by atoms with E-state index in [4.69, 9.17) is 0 Å². The first-order valence-corrected chi connectivity index (χ1v) is 8.05. The average Bonchev–Trinajstić information content (AvgIpc) is 3.06. The van der Waals surface area contributed by atoms with Crippen LogP contribution in [-0.4, -0.2) is 35.8 Å². The second-order valence-corrected chi connectivity index (χ2v) is 6.43. The molecule has 1 aromatic rings. The summed E-state index contributed by atoms with van der Waals surface area (Å²) in [6.07, 6.45) is 3.89. The molecule has 2 N–H and O–H groups in total. The van der Waals surface area contributed by atoms with Crippen molar-refractivity contribution in [2.45, 2.75) is 24.8 Å². The molecule has 0 radical (unpaired) electrons. The maximum Gasteiger partial charge on any atom is 0.325 e. The van der Waals surface area contributed by atoms with Gasteiger partial charge in [-0.25, -0.2) is 4.79 Å². The first kappa shape index (κ1) is 14.8. The van der Waals surface area contributed by atoms with E-state index < -0.39 is 11.6 Å². The molecule has 0 saturated carbocycles. The number of carbonyl (C=O) groups is 3. The maximum absolute atomic E-state index is 12.8. The Kier molecular flexibility index (Phi) is 3.74. The number of hydrogen-bond donors (Lipinski definition) is 2. The minimum absolute atomic E-state index is 0.264. The minimum Gasteiger partial charge on any atom is -0.351 e. The van der Waals surface area contributed by atoms with Gasteiger partial charge in [0.2, 0.25) is 5.91 Å². The van der Waals surface area contributed by atoms with Gasteiger partial charge in [0, 0.05) is 17.0 Å². The van der Waals surface area contributed by atoms with Crippen molar-refractivity contribution in [3.63, 3.8) is 0 Å². The van der Waals surface area contributed by atoms with Gasteiger partial charge in [-0.2, -0.15) is 0 Å². The minimum atomic E-state index is -0.983. The normalized spacial score (nSPS) is 23.4. The third-order valence-corrected chi connectivity index (χ3v) is 5.06. The number of urea groups is 1. The Morgan fingerprint density at radius 3 is 3.14 bits per heavy atom. The fraction of sp³-hybridized carbons (Fsp3) is 0.400. The third-order valence-electron chi connectivity index (χ3n) is 4.08. The van der Waals surface area contributed by atoms with E-state index >= 15 is 0 Å². The Labute approximate surface area is 132 Å². The SMILES string of the molecule is C=CCNC(=O)CN1C(=O)NC2(CCCc3sccc32)C1=O. The molecule has 0 bridgehead atoms. The molecule has 1 spiro atoms. The third kappa shape index (κ3) is 2.21. The Hall–Kier alpha value is -2.15. The molecule has 1 saturated heterocycles. The fourth-order valence-corrected chi connectivity index (χ4v) is 4.07.